The molecule has 2 aromatic rings. The van der Waals surface area contributed by atoms with Gasteiger partial charge in [0.05, 0.1) is 11.3 Å². The minimum Gasteiger partial charge on any atom is -0.337 e. The van der Waals surface area contributed by atoms with Gasteiger partial charge < -0.3 is 9.88 Å². The van der Waals surface area contributed by atoms with Gasteiger partial charge >= 0.3 is 0 Å². The number of aromatic nitrogens is 3. The van der Waals surface area contributed by atoms with Gasteiger partial charge in [-0.15, -0.1) is 10.2 Å². The average Bonchev–Trinajstić information content (AvgIpc) is 3.11. The molecule has 142 valence electrons. The SMILES string of the molecule is CCn1c(S[C@H](C)C(=O)NC2(C#N)CCCCC2)nnc1-c1ccccc1. The van der Waals surface area contributed by atoms with Gasteiger partial charge in [0.1, 0.15) is 5.54 Å². The molecule has 7 heteroatoms. The first-order chi connectivity index (χ1) is 13.1. The van der Waals surface area contributed by atoms with E-state index >= 15 is 0 Å². The first-order valence-electron chi connectivity index (χ1n) is 9.47. The number of benzene rings is 1. The van der Waals surface area contributed by atoms with Gasteiger partial charge in [-0.25, -0.2) is 0 Å². The van der Waals surface area contributed by atoms with Crippen molar-refractivity contribution in [2.75, 3.05) is 0 Å². The summed E-state index contributed by atoms with van der Waals surface area (Å²) >= 11 is 1.38. The molecule has 1 N–H and O–H groups in total. The summed E-state index contributed by atoms with van der Waals surface area (Å²) in [6.45, 7) is 4.61. The molecule has 1 heterocycles. The molecule has 1 saturated carbocycles. The Morgan fingerprint density at radius 2 is 2.00 bits per heavy atom. The Morgan fingerprint density at radius 3 is 2.63 bits per heavy atom. The van der Waals surface area contributed by atoms with E-state index in [1.54, 1.807) is 0 Å². The average molecular weight is 384 g/mol. The van der Waals surface area contributed by atoms with Crippen LogP contribution in [0.15, 0.2) is 35.5 Å². The highest BCUT2D eigenvalue weighted by Gasteiger charge is 2.35. The van der Waals surface area contributed by atoms with Gasteiger partial charge in [-0.05, 0) is 26.7 Å². The van der Waals surface area contributed by atoms with Crippen molar-refractivity contribution in [2.45, 2.75) is 68.4 Å². The Balaban J connectivity index is 1.72. The highest BCUT2D eigenvalue weighted by molar-refractivity contribution is 8.00. The zero-order chi connectivity index (χ0) is 19.3. The maximum absolute atomic E-state index is 12.7. The third-order valence-corrected chi connectivity index (χ3v) is 6.08. The molecule has 1 atom stereocenters. The van der Waals surface area contributed by atoms with Crippen molar-refractivity contribution in [3.8, 4) is 17.5 Å². The second kappa shape index (κ2) is 8.57. The van der Waals surface area contributed by atoms with Crippen LogP contribution in [0, 0.1) is 11.3 Å². The van der Waals surface area contributed by atoms with E-state index in [1.807, 2.05) is 48.7 Å². The smallest absolute Gasteiger partial charge is 0.234 e. The van der Waals surface area contributed by atoms with E-state index in [1.165, 1.54) is 11.8 Å². The van der Waals surface area contributed by atoms with Crippen molar-refractivity contribution < 1.29 is 4.79 Å². The zero-order valence-corrected chi connectivity index (χ0v) is 16.6. The van der Waals surface area contributed by atoms with Crippen molar-refractivity contribution >= 4 is 17.7 Å². The van der Waals surface area contributed by atoms with Crippen LogP contribution in [0.4, 0.5) is 0 Å². The first kappa shape index (κ1) is 19.4. The molecule has 27 heavy (non-hydrogen) atoms. The highest BCUT2D eigenvalue weighted by atomic mass is 32.2. The fourth-order valence-electron chi connectivity index (χ4n) is 3.43. The number of carbonyl (C=O) groups is 1. The van der Waals surface area contributed by atoms with Crippen LogP contribution in [0.25, 0.3) is 11.4 Å². The molecule has 0 spiro atoms. The third kappa shape index (κ3) is 4.33. The predicted molar refractivity (Wildman–Crippen MR) is 106 cm³/mol. The van der Waals surface area contributed by atoms with E-state index in [2.05, 4.69) is 21.6 Å². The van der Waals surface area contributed by atoms with E-state index < -0.39 is 5.54 Å². The maximum atomic E-state index is 12.7. The van der Waals surface area contributed by atoms with Crippen LogP contribution in [-0.2, 0) is 11.3 Å². The van der Waals surface area contributed by atoms with Crippen molar-refractivity contribution in [2.24, 2.45) is 0 Å². The van der Waals surface area contributed by atoms with Crippen LogP contribution in [0.5, 0.6) is 0 Å². The number of nitriles is 1. The highest BCUT2D eigenvalue weighted by Crippen LogP contribution is 2.30. The van der Waals surface area contributed by atoms with Gasteiger partial charge in [-0.1, -0.05) is 61.4 Å². The van der Waals surface area contributed by atoms with Crippen molar-refractivity contribution in [1.82, 2.24) is 20.1 Å². The lowest BCUT2D eigenvalue weighted by Gasteiger charge is -2.32. The number of thioether (sulfide) groups is 1. The summed E-state index contributed by atoms with van der Waals surface area (Å²) in [5, 5.41) is 21.6. The lowest BCUT2D eigenvalue weighted by atomic mass is 9.83. The van der Waals surface area contributed by atoms with Crippen LogP contribution >= 0.6 is 11.8 Å². The summed E-state index contributed by atoms with van der Waals surface area (Å²) < 4.78 is 2.02. The largest absolute Gasteiger partial charge is 0.337 e. The molecule has 1 aliphatic carbocycles. The minimum atomic E-state index is -0.711. The summed E-state index contributed by atoms with van der Waals surface area (Å²) in [5.74, 6) is 0.685. The molecule has 0 bridgehead atoms. The van der Waals surface area contributed by atoms with Crippen LogP contribution in [-0.4, -0.2) is 31.5 Å². The summed E-state index contributed by atoms with van der Waals surface area (Å²) in [6, 6.07) is 12.2. The molecule has 0 saturated heterocycles. The van der Waals surface area contributed by atoms with E-state index in [0.717, 1.165) is 50.0 Å². The Morgan fingerprint density at radius 1 is 1.30 bits per heavy atom. The van der Waals surface area contributed by atoms with Gasteiger partial charge in [0.2, 0.25) is 5.91 Å². The number of nitrogens with zero attached hydrogens (tertiary/aromatic N) is 4. The Hall–Kier alpha value is -2.33. The fraction of sp³-hybridized carbons (Fsp3) is 0.500. The Labute approximate surface area is 164 Å². The molecule has 0 aliphatic heterocycles. The van der Waals surface area contributed by atoms with Crippen LogP contribution < -0.4 is 5.32 Å². The number of amides is 1. The molecule has 0 radical (unpaired) electrons. The summed E-state index contributed by atoms with van der Waals surface area (Å²) in [6.07, 6.45) is 4.57. The van der Waals surface area contributed by atoms with Crippen LogP contribution in [0.3, 0.4) is 0 Å². The van der Waals surface area contributed by atoms with Gasteiger partial charge in [0.25, 0.3) is 0 Å². The predicted octanol–water partition coefficient (Wildman–Crippen LogP) is 3.79. The second-order valence-electron chi connectivity index (χ2n) is 6.92. The third-order valence-electron chi connectivity index (χ3n) is 5.00. The van der Waals surface area contributed by atoms with Crippen LogP contribution in [0.1, 0.15) is 46.0 Å². The number of hydrogen-bond acceptors (Lipinski definition) is 5. The normalized spacial score (nSPS) is 17.1. The summed E-state index contributed by atoms with van der Waals surface area (Å²) in [5.41, 5.74) is 0.291. The zero-order valence-electron chi connectivity index (χ0n) is 15.8. The summed E-state index contributed by atoms with van der Waals surface area (Å²) in [4.78, 5) is 12.7. The molecular weight excluding hydrogens is 358 g/mol. The Kier molecular flexibility index (Phi) is 6.17. The molecule has 1 fully saturated rings. The van der Waals surface area contributed by atoms with Gasteiger partial charge in [-0.3, -0.25) is 4.79 Å². The molecule has 1 aromatic carbocycles. The molecule has 6 nitrogen and oxygen atoms in total. The molecule has 3 rings (SSSR count). The standard InChI is InChI=1S/C20H25N5OS/c1-3-25-17(16-10-6-4-7-11-16)23-24-19(25)27-15(2)18(26)22-20(14-21)12-8-5-9-13-20/h4,6-7,10-11,15H,3,5,8-9,12-13H2,1-2H3,(H,22,26)/t15-/m1/s1. The lowest BCUT2D eigenvalue weighted by Crippen LogP contribution is -2.51. The Bertz CT molecular complexity index is 821. The van der Waals surface area contributed by atoms with Crippen molar-refractivity contribution in [3.05, 3.63) is 30.3 Å². The van der Waals surface area contributed by atoms with E-state index in [9.17, 15) is 10.1 Å². The maximum Gasteiger partial charge on any atom is 0.234 e. The lowest BCUT2D eigenvalue weighted by molar-refractivity contribution is -0.121. The number of hydrogen-bond donors (Lipinski definition) is 1. The van der Waals surface area contributed by atoms with Crippen molar-refractivity contribution in [3.63, 3.8) is 0 Å². The minimum absolute atomic E-state index is 0.115. The molecule has 1 amide bonds. The quantitative estimate of drug-likeness (QED) is 0.767. The molecule has 1 aliphatic rings. The number of rotatable bonds is 6. The monoisotopic (exact) mass is 383 g/mol. The van der Waals surface area contributed by atoms with Crippen molar-refractivity contribution in [1.29, 1.82) is 5.26 Å². The van der Waals surface area contributed by atoms with E-state index in [4.69, 9.17) is 0 Å². The van der Waals surface area contributed by atoms with Gasteiger partial charge in [0.15, 0.2) is 11.0 Å². The number of carbonyl (C=O) groups excluding carboxylic acids is 1. The van der Waals surface area contributed by atoms with Gasteiger partial charge in [-0.2, -0.15) is 5.26 Å². The second-order valence-corrected chi connectivity index (χ2v) is 8.23. The van der Waals surface area contributed by atoms with E-state index in [0.29, 0.717) is 5.16 Å². The van der Waals surface area contributed by atoms with Gasteiger partial charge in [0, 0.05) is 12.1 Å². The summed E-state index contributed by atoms with van der Waals surface area (Å²) in [7, 11) is 0. The van der Waals surface area contributed by atoms with Crippen LogP contribution in [0.2, 0.25) is 0 Å². The molecule has 1 aromatic heterocycles. The van der Waals surface area contributed by atoms with E-state index in [-0.39, 0.29) is 11.2 Å². The fourth-order valence-corrected chi connectivity index (χ4v) is 4.34. The molecular formula is C20H25N5OS. The number of nitrogens with one attached hydrogen (secondary N) is 1. The topological polar surface area (TPSA) is 83.6 Å². The molecule has 0 unspecified atom stereocenters. The first-order valence-corrected chi connectivity index (χ1v) is 10.3.